The molecule has 1 aromatic heterocycles. The van der Waals surface area contributed by atoms with E-state index >= 15 is 0 Å². The van der Waals surface area contributed by atoms with Crippen molar-refractivity contribution in [3.63, 3.8) is 0 Å². The fourth-order valence-electron chi connectivity index (χ4n) is 2.34. The van der Waals surface area contributed by atoms with Crippen LogP contribution in [-0.4, -0.2) is 30.6 Å². The van der Waals surface area contributed by atoms with Crippen molar-refractivity contribution in [3.05, 3.63) is 39.3 Å². The van der Waals surface area contributed by atoms with Crippen LogP contribution in [0.25, 0.3) is 0 Å². The number of aromatic nitrogens is 1. The molecular formula is C15H15ClN2O3S. The minimum Gasteiger partial charge on any atom is -0.487 e. The maximum absolute atomic E-state index is 12.8. The summed E-state index contributed by atoms with van der Waals surface area (Å²) in [6.45, 7) is 2.79. The molecule has 0 saturated carbocycles. The van der Waals surface area contributed by atoms with Crippen LogP contribution in [0.4, 0.5) is 5.69 Å². The second-order valence-corrected chi connectivity index (χ2v) is 6.39. The third-order valence-electron chi connectivity index (χ3n) is 3.26. The first-order chi connectivity index (χ1) is 10.6. The fraction of sp³-hybridized carbons (Fsp3) is 0.333. The normalized spacial score (nSPS) is 17.0. The Morgan fingerprint density at radius 3 is 3.18 bits per heavy atom. The van der Waals surface area contributed by atoms with Crippen molar-refractivity contribution >= 4 is 34.5 Å². The van der Waals surface area contributed by atoms with Crippen molar-refractivity contribution < 1.29 is 14.3 Å². The predicted octanol–water partition coefficient (Wildman–Crippen LogP) is 3.37. The number of carbonyl (C=O) groups is 1. The number of anilines is 1. The Hall–Kier alpha value is -1.63. The summed E-state index contributed by atoms with van der Waals surface area (Å²) in [4.78, 5) is 18.8. The fourth-order valence-corrected chi connectivity index (χ4v) is 3.24. The molecule has 1 aromatic carbocycles. The molecule has 7 heteroatoms. The van der Waals surface area contributed by atoms with Crippen LogP contribution in [0.15, 0.2) is 23.6 Å². The highest BCUT2D eigenvalue weighted by Gasteiger charge is 2.29. The lowest BCUT2D eigenvalue weighted by Crippen LogP contribution is -2.42. The lowest BCUT2D eigenvalue weighted by Gasteiger charge is -2.33. The third kappa shape index (κ3) is 2.95. The van der Waals surface area contributed by atoms with Gasteiger partial charge in [-0.25, -0.2) is 4.98 Å². The van der Waals surface area contributed by atoms with Gasteiger partial charge in [-0.05, 0) is 25.1 Å². The maximum Gasteiger partial charge on any atom is 0.277 e. The van der Waals surface area contributed by atoms with E-state index in [1.807, 2.05) is 6.92 Å². The van der Waals surface area contributed by atoms with E-state index in [1.54, 1.807) is 35.6 Å². The Labute approximate surface area is 137 Å². The van der Waals surface area contributed by atoms with Crippen LogP contribution in [0.5, 0.6) is 5.75 Å². The first-order valence-corrected chi connectivity index (χ1v) is 8.05. The molecular weight excluding hydrogens is 324 g/mol. The van der Waals surface area contributed by atoms with Gasteiger partial charge in [0.1, 0.15) is 22.6 Å². The first kappa shape index (κ1) is 15.3. The number of ether oxygens (including phenoxy) is 2. The topological polar surface area (TPSA) is 51.7 Å². The van der Waals surface area contributed by atoms with Gasteiger partial charge in [-0.3, -0.25) is 9.69 Å². The van der Waals surface area contributed by atoms with Gasteiger partial charge in [-0.1, -0.05) is 11.6 Å². The highest BCUT2D eigenvalue weighted by atomic mass is 35.5. The first-order valence-electron chi connectivity index (χ1n) is 6.80. The van der Waals surface area contributed by atoms with Gasteiger partial charge in [0.05, 0.1) is 18.8 Å². The molecule has 1 aliphatic rings. The largest absolute Gasteiger partial charge is 0.487 e. The number of amides is 1. The van der Waals surface area contributed by atoms with Gasteiger partial charge in [0.15, 0.2) is 0 Å². The number of methoxy groups -OCH3 is 1. The summed E-state index contributed by atoms with van der Waals surface area (Å²) in [5, 5.41) is 3.09. The number of thiazole rings is 1. The van der Waals surface area contributed by atoms with Crippen LogP contribution < -0.4 is 9.64 Å². The van der Waals surface area contributed by atoms with E-state index in [4.69, 9.17) is 21.1 Å². The van der Waals surface area contributed by atoms with E-state index in [0.717, 1.165) is 5.01 Å². The van der Waals surface area contributed by atoms with Crippen molar-refractivity contribution in [1.82, 2.24) is 4.98 Å². The van der Waals surface area contributed by atoms with Gasteiger partial charge in [0, 0.05) is 17.5 Å². The summed E-state index contributed by atoms with van der Waals surface area (Å²) < 4.78 is 10.8. The maximum atomic E-state index is 12.8. The summed E-state index contributed by atoms with van der Waals surface area (Å²) in [6.07, 6.45) is -0.0882. The summed E-state index contributed by atoms with van der Waals surface area (Å²) >= 11 is 7.46. The number of hydrogen-bond donors (Lipinski definition) is 0. The summed E-state index contributed by atoms with van der Waals surface area (Å²) in [7, 11) is 1.60. The molecule has 1 amide bonds. The molecule has 3 rings (SSSR count). The van der Waals surface area contributed by atoms with Gasteiger partial charge in [-0.2, -0.15) is 0 Å². The van der Waals surface area contributed by atoms with Crippen molar-refractivity contribution in [2.45, 2.75) is 19.6 Å². The zero-order valence-corrected chi connectivity index (χ0v) is 13.8. The average Bonchev–Trinajstić information content (AvgIpc) is 2.95. The van der Waals surface area contributed by atoms with Crippen molar-refractivity contribution in [2.75, 3.05) is 18.6 Å². The smallest absolute Gasteiger partial charge is 0.277 e. The molecule has 0 radical (unpaired) electrons. The number of carbonyl (C=O) groups excluding carboxylic acids is 1. The molecule has 22 heavy (non-hydrogen) atoms. The van der Waals surface area contributed by atoms with Crippen LogP contribution >= 0.6 is 22.9 Å². The number of fused-ring (bicyclic) bond motifs is 1. The quantitative estimate of drug-likeness (QED) is 0.861. The molecule has 5 nitrogen and oxygen atoms in total. The number of benzene rings is 1. The zero-order valence-electron chi connectivity index (χ0n) is 12.2. The minimum absolute atomic E-state index is 0.0882. The van der Waals surface area contributed by atoms with Gasteiger partial charge in [0.25, 0.3) is 5.91 Å². The Balaban J connectivity index is 1.93. The van der Waals surface area contributed by atoms with Crippen LogP contribution in [-0.2, 0) is 11.3 Å². The third-order valence-corrected chi connectivity index (χ3v) is 4.32. The van der Waals surface area contributed by atoms with Gasteiger partial charge in [0.2, 0.25) is 0 Å². The minimum atomic E-state index is -0.155. The highest BCUT2D eigenvalue weighted by molar-refractivity contribution is 7.09. The second kappa shape index (κ2) is 6.24. The summed E-state index contributed by atoms with van der Waals surface area (Å²) in [5.74, 6) is 0.501. The number of nitrogens with zero attached hydrogens (tertiary/aromatic N) is 2. The number of hydrogen-bond acceptors (Lipinski definition) is 5. The van der Waals surface area contributed by atoms with E-state index in [9.17, 15) is 4.79 Å². The Morgan fingerprint density at radius 1 is 1.59 bits per heavy atom. The van der Waals surface area contributed by atoms with Crippen molar-refractivity contribution in [2.24, 2.45) is 0 Å². The van der Waals surface area contributed by atoms with E-state index in [1.165, 1.54) is 11.3 Å². The molecule has 1 aliphatic heterocycles. The molecule has 0 fully saturated rings. The molecule has 2 aromatic rings. The second-order valence-electron chi connectivity index (χ2n) is 5.02. The van der Waals surface area contributed by atoms with Crippen molar-refractivity contribution in [1.29, 1.82) is 0 Å². The molecule has 2 heterocycles. The van der Waals surface area contributed by atoms with Crippen molar-refractivity contribution in [3.8, 4) is 5.75 Å². The Bertz CT molecular complexity index is 704. The Morgan fingerprint density at radius 2 is 2.41 bits per heavy atom. The van der Waals surface area contributed by atoms with Crippen LogP contribution in [0.3, 0.4) is 0 Å². The zero-order chi connectivity index (χ0) is 15.7. The monoisotopic (exact) mass is 338 g/mol. The molecule has 0 unspecified atom stereocenters. The van der Waals surface area contributed by atoms with Crippen LogP contribution in [0.1, 0.15) is 22.4 Å². The lowest BCUT2D eigenvalue weighted by molar-refractivity contribution is 0.0956. The van der Waals surface area contributed by atoms with E-state index in [2.05, 4.69) is 4.98 Å². The van der Waals surface area contributed by atoms with Crippen LogP contribution in [0, 0.1) is 0 Å². The molecule has 0 aliphatic carbocycles. The molecule has 0 spiro atoms. The highest BCUT2D eigenvalue weighted by Crippen LogP contribution is 2.36. The average molecular weight is 339 g/mol. The SMILES string of the molecule is COCc1nc(C(=O)N2C[C@@H](C)Oc3ccc(Cl)cc32)cs1. The molecule has 116 valence electrons. The summed E-state index contributed by atoms with van der Waals surface area (Å²) in [5.41, 5.74) is 1.09. The van der Waals surface area contributed by atoms with Crippen LogP contribution in [0.2, 0.25) is 5.02 Å². The molecule has 0 N–H and O–H groups in total. The molecule has 0 saturated heterocycles. The van der Waals surface area contributed by atoms with Gasteiger partial charge >= 0.3 is 0 Å². The van der Waals surface area contributed by atoms with Gasteiger partial charge < -0.3 is 9.47 Å². The van der Waals surface area contributed by atoms with E-state index in [0.29, 0.717) is 35.3 Å². The van der Waals surface area contributed by atoms with E-state index < -0.39 is 0 Å². The number of halogens is 1. The number of rotatable bonds is 3. The lowest BCUT2D eigenvalue weighted by atomic mass is 10.2. The van der Waals surface area contributed by atoms with E-state index in [-0.39, 0.29) is 12.0 Å². The molecule has 1 atom stereocenters. The van der Waals surface area contributed by atoms with Gasteiger partial charge in [-0.15, -0.1) is 11.3 Å². The summed E-state index contributed by atoms with van der Waals surface area (Å²) in [6, 6.07) is 5.27. The predicted molar refractivity (Wildman–Crippen MR) is 86.0 cm³/mol. The molecule has 0 bridgehead atoms. The standard InChI is InChI=1S/C15H15ClN2O3S/c1-9-6-18(12-5-10(16)3-4-13(12)21-9)15(19)11-8-22-14(17-11)7-20-2/h3-5,8-9H,6-7H2,1-2H3/t9-/m1/s1. The Kier molecular flexibility index (Phi) is 4.33.